The van der Waals surface area contributed by atoms with Crippen molar-refractivity contribution in [2.45, 2.75) is 39.2 Å². The van der Waals surface area contributed by atoms with Gasteiger partial charge in [-0.05, 0) is 49.6 Å². The maximum Gasteiger partial charge on any atom is 0.123 e. The van der Waals surface area contributed by atoms with E-state index in [9.17, 15) is 4.39 Å². The molecule has 16 heavy (non-hydrogen) atoms. The molecule has 0 heterocycles. The van der Waals surface area contributed by atoms with Crippen molar-refractivity contribution in [3.8, 4) is 0 Å². The van der Waals surface area contributed by atoms with E-state index < -0.39 is 0 Å². The van der Waals surface area contributed by atoms with Gasteiger partial charge in [0.2, 0.25) is 0 Å². The van der Waals surface area contributed by atoms with Gasteiger partial charge in [-0.25, -0.2) is 4.39 Å². The van der Waals surface area contributed by atoms with Gasteiger partial charge in [0, 0.05) is 10.5 Å². The summed E-state index contributed by atoms with van der Waals surface area (Å²) < 4.78 is 14.1. The van der Waals surface area contributed by atoms with Gasteiger partial charge in [0.05, 0.1) is 0 Å². The third-order valence-electron chi connectivity index (χ3n) is 2.76. The first-order chi connectivity index (χ1) is 7.67. The molecule has 0 saturated heterocycles. The van der Waals surface area contributed by atoms with E-state index in [1.165, 1.54) is 6.07 Å². The predicted molar refractivity (Wildman–Crippen MR) is 70.2 cm³/mol. The second kappa shape index (κ2) is 7.02. The lowest BCUT2D eigenvalue weighted by atomic mass is 10.0. The molecule has 1 N–H and O–H groups in total. The molecule has 1 aromatic carbocycles. The normalized spacial score (nSPS) is 12.8. The van der Waals surface area contributed by atoms with Crippen LogP contribution in [-0.2, 0) is 6.42 Å². The van der Waals surface area contributed by atoms with E-state index in [0.717, 1.165) is 35.8 Å². The van der Waals surface area contributed by atoms with Crippen LogP contribution in [0.4, 0.5) is 4.39 Å². The minimum atomic E-state index is -0.158. The lowest BCUT2D eigenvalue weighted by molar-refractivity contribution is 0.480. The summed E-state index contributed by atoms with van der Waals surface area (Å²) >= 11 is 3.45. The zero-order valence-electron chi connectivity index (χ0n) is 9.89. The van der Waals surface area contributed by atoms with Crippen molar-refractivity contribution in [3.05, 3.63) is 34.1 Å². The highest BCUT2D eigenvalue weighted by atomic mass is 79.9. The minimum absolute atomic E-state index is 0.158. The Morgan fingerprint density at radius 1 is 1.38 bits per heavy atom. The monoisotopic (exact) mass is 287 g/mol. The first-order valence-electron chi connectivity index (χ1n) is 5.84. The van der Waals surface area contributed by atoms with Crippen molar-refractivity contribution in [2.24, 2.45) is 0 Å². The van der Waals surface area contributed by atoms with E-state index in [1.54, 1.807) is 12.1 Å². The van der Waals surface area contributed by atoms with Gasteiger partial charge in [-0.1, -0.05) is 29.8 Å². The summed E-state index contributed by atoms with van der Waals surface area (Å²) in [5, 5.41) is 3.43. The molecule has 0 saturated carbocycles. The third-order valence-corrected chi connectivity index (χ3v) is 3.53. The predicted octanol–water partition coefficient (Wildman–Crippen LogP) is 3.91. The number of hydrogen-bond acceptors (Lipinski definition) is 1. The quantitative estimate of drug-likeness (QED) is 0.837. The Morgan fingerprint density at radius 3 is 2.75 bits per heavy atom. The summed E-state index contributed by atoms with van der Waals surface area (Å²) in [4.78, 5) is 0. The second-order valence-electron chi connectivity index (χ2n) is 3.94. The number of rotatable bonds is 6. The van der Waals surface area contributed by atoms with Gasteiger partial charge in [0.15, 0.2) is 0 Å². The number of halogens is 2. The SMILES string of the molecule is CCNC(CC)CCc1cc(F)ccc1Br. The molecule has 1 nitrogen and oxygen atoms in total. The van der Waals surface area contributed by atoms with Crippen LogP contribution in [0.5, 0.6) is 0 Å². The molecule has 3 heteroatoms. The van der Waals surface area contributed by atoms with Crippen LogP contribution in [-0.4, -0.2) is 12.6 Å². The van der Waals surface area contributed by atoms with Crippen molar-refractivity contribution in [1.82, 2.24) is 5.32 Å². The molecule has 1 unspecified atom stereocenters. The van der Waals surface area contributed by atoms with Crippen molar-refractivity contribution in [1.29, 1.82) is 0 Å². The summed E-state index contributed by atoms with van der Waals surface area (Å²) in [6.07, 6.45) is 3.07. The molecular formula is C13H19BrFN. The van der Waals surface area contributed by atoms with Crippen LogP contribution in [0.1, 0.15) is 32.3 Å². The van der Waals surface area contributed by atoms with E-state index in [2.05, 4.69) is 35.1 Å². The lowest BCUT2D eigenvalue weighted by Gasteiger charge is -2.16. The fourth-order valence-corrected chi connectivity index (χ4v) is 2.25. The Kier molecular flexibility index (Phi) is 5.99. The molecule has 0 aliphatic carbocycles. The van der Waals surface area contributed by atoms with Crippen LogP contribution in [0.25, 0.3) is 0 Å². The average molecular weight is 288 g/mol. The third kappa shape index (κ3) is 4.22. The molecule has 90 valence electrons. The van der Waals surface area contributed by atoms with Gasteiger partial charge in [-0.15, -0.1) is 0 Å². The molecule has 0 fully saturated rings. The smallest absolute Gasteiger partial charge is 0.123 e. The van der Waals surface area contributed by atoms with E-state index in [-0.39, 0.29) is 5.82 Å². The summed E-state index contributed by atoms with van der Waals surface area (Å²) in [6.45, 7) is 5.28. The molecule has 1 aromatic rings. The second-order valence-corrected chi connectivity index (χ2v) is 4.79. The molecule has 1 atom stereocenters. The van der Waals surface area contributed by atoms with Gasteiger partial charge in [0.1, 0.15) is 5.82 Å². The molecule has 0 aliphatic rings. The van der Waals surface area contributed by atoms with Crippen LogP contribution in [0.15, 0.2) is 22.7 Å². The van der Waals surface area contributed by atoms with Crippen molar-refractivity contribution in [2.75, 3.05) is 6.54 Å². The van der Waals surface area contributed by atoms with Crippen molar-refractivity contribution < 1.29 is 4.39 Å². The van der Waals surface area contributed by atoms with E-state index in [0.29, 0.717) is 6.04 Å². The first kappa shape index (κ1) is 13.7. The first-order valence-corrected chi connectivity index (χ1v) is 6.64. The maximum atomic E-state index is 13.1. The number of benzene rings is 1. The summed E-state index contributed by atoms with van der Waals surface area (Å²) in [5.41, 5.74) is 1.05. The highest BCUT2D eigenvalue weighted by Crippen LogP contribution is 2.20. The van der Waals surface area contributed by atoms with Gasteiger partial charge >= 0.3 is 0 Å². The Hall–Kier alpha value is -0.410. The minimum Gasteiger partial charge on any atom is -0.314 e. The summed E-state index contributed by atoms with van der Waals surface area (Å²) in [5.74, 6) is -0.158. The van der Waals surface area contributed by atoms with Gasteiger partial charge in [0.25, 0.3) is 0 Å². The Balaban J connectivity index is 2.55. The Labute approximate surface area is 106 Å². The van der Waals surface area contributed by atoms with Gasteiger partial charge in [-0.3, -0.25) is 0 Å². The zero-order valence-corrected chi connectivity index (χ0v) is 11.5. The highest BCUT2D eigenvalue weighted by Gasteiger charge is 2.07. The highest BCUT2D eigenvalue weighted by molar-refractivity contribution is 9.10. The van der Waals surface area contributed by atoms with Gasteiger partial charge in [-0.2, -0.15) is 0 Å². The Morgan fingerprint density at radius 2 is 2.12 bits per heavy atom. The lowest BCUT2D eigenvalue weighted by Crippen LogP contribution is -2.28. The molecule has 0 aliphatic heterocycles. The van der Waals surface area contributed by atoms with Crippen LogP contribution in [0, 0.1) is 5.82 Å². The van der Waals surface area contributed by atoms with E-state index in [1.807, 2.05) is 0 Å². The number of aryl methyl sites for hydroxylation is 1. The van der Waals surface area contributed by atoms with Crippen LogP contribution in [0.3, 0.4) is 0 Å². The number of nitrogens with one attached hydrogen (secondary N) is 1. The van der Waals surface area contributed by atoms with Crippen LogP contribution in [0.2, 0.25) is 0 Å². The fourth-order valence-electron chi connectivity index (χ4n) is 1.80. The number of hydrogen-bond donors (Lipinski definition) is 1. The van der Waals surface area contributed by atoms with Crippen LogP contribution >= 0.6 is 15.9 Å². The van der Waals surface area contributed by atoms with E-state index >= 15 is 0 Å². The molecular weight excluding hydrogens is 269 g/mol. The van der Waals surface area contributed by atoms with Gasteiger partial charge < -0.3 is 5.32 Å². The molecule has 0 amide bonds. The Bertz CT molecular complexity index is 328. The van der Waals surface area contributed by atoms with Crippen LogP contribution < -0.4 is 5.32 Å². The summed E-state index contributed by atoms with van der Waals surface area (Å²) in [7, 11) is 0. The molecule has 1 rings (SSSR count). The van der Waals surface area contributed by atoms with Crippen molar-refractivity contribution >= 4 is 15.9 Å². The molecule has 0 aromatic heterocycles. The van der Waals surface area contributed by atoms with E-state index in [4.69, 9.17) is 0 Å². The maximum absolute atomic E-state index is 13.1. The topological polar surface area (TPSA) is 12.0 Å². The molecule has 0 radical (unpaired) electrons. The largest absolute Gasteiger partial charge is 0.314 e. The summed E-state index contributed by atoms with van der Waals surface area (Å²) in [6, 6.07) is 5.40. The fraction of sp³-hybridized carbons (Fsp3) is 0.538. The molecule has 0 bridgehead atoms. The molecule has 0 spiro atoms. The zero-order chi connectivity index (χ0) is 12.0. The standard InChI is InChI=1S/C13H19BrFN/c1-3-12(16-4-2)7-5-10-9-11(15)6-8-13(10)14/h6,8-9,12,16H,3-5,7H2,1-2H3. The van der Waals surface area contributed by atoms with Crippen molar-refractivity contribution in [3.63, 3.8) is 0 Å². The average Bonchev–Trinajstić information content (AvgIpc) is 2.28.